The molecule has 0 aliphatic heterocycles. The van der Waals surface area contributed by atoms with Gasteiger partial charge in [-0.2, -0.15) is 0 Å². The summed E-state index contributed by atoms with van der Waals surface area (Å²) in [5.74, 6) is 0.425. The van der Waals surface area contributed by atoms with Crippen LogP contribution >= 0.6 is 23.2 Å². The zero-order chi connectivity index (χ0) is 26.3. The number of aromatic nitrogens is 1. The first kappa shape index (κ1) is 25.7. The third-order valence-corrected chi connectivity index (χ3v) is 6.64. The molecule has 1 unspecified atom stereocenters. The topological polar surface area (TPSA) is 92.4 Å². The number of rotatable bonds is 6. The lowest BCUT2D eigenvalue weighted by atomic mass is 9.98. The SMILES string of the molecule is Cc1cc(C(C)Nc2ccc(Cl)nc2-c2cc(Cl)c(O)c(C=O)c2)c2oc(C(C)C)c(C)c(=O)c2c1. The Bertz CT molecular complexity index is 1560. The molecular formula is C28H26Cl2N2O4. The van der Waals surface area contributed by atoms with Gasteiger partial charge in [-0.1, -0.05) is 43.1 Å². The summed E-state index contributed by atoms with van der Waals surface area (Å²) in [4.78, 5) is 29.1. The standard InChI is InChI=1S/C28H26Cl2N2O4/c1-13(2)27-15(4)25(34)20-9-14(3)8-19(28(20)36-27)16(5)31-22-6-7-23(30)32-24(22)17-10-18(12-33)26(35)21(29)11-17/h6-13,16,31,35H,1-5H3. The molecule has 0 fully saturated rings. The molecule has 0 radical (unpaired) electrons. The molecule has 0 aliphatic rings. The average molecular weight is 525 g/mol. The van der Waals surface area contributed by atoms with Crippen molar-refractivity contribution in [2.75, 3.05) is 5.32 Å². The van der Waals surface area contributed by atoms with Gasteiger partial charge in [0.25, 0.3) is 0 Å². The molecule has 0 saturated carbocycles. The smallest absolute Gasteiger partial charge is 0.195 e. The lowest BCUT2D eigenvalue weighted by Crippen LogP contribution is -2.14. The Morgan fingerprint density at radius 2 is 1.81 bits per heavy atom. The summed E-state index contributed by atoms with van der Waals surface area (Å²) in [6, 6.07) is 10.0. The number of fused-ring (bicyclic) bond motifs is 1. The highest BCUT2D eigenvalue weighted by molar-refractivity contribution is 6.33. The Balaban J connectivity index is 1.86. The van der Waals surface area contributed by atoms with E-state index >= 15 is 0 Å². The number of benzene rings is 2. The second-order valence-electron chi connectivity index (χ2n) is 9.22. The number of hydrogen-bond donors (Lipinski definition) is 2. The quantitative estimate of drug-likeness (QED) is 0.199. The molecule has 4 aromatic rings. The number of carbonyl (C=O) groups is 1. The molecule has 6 nitrogen and oxygen atoms in total. The van der Waals surface area contributed by atoms with E-state index in [2.05, 4.69) is 10.3 Å². The summed E-state index contributed by atoms with van der Waals surface area (Å²) < 4.78 is 6.31. The molecule has 0 spiro atoms. The molecule has 186 valence electrons. The van der Waals surface area contributed by atoms with E-state index in [0.717, 1.165) is 11.1 Å². The van der Waals surface area contributed by atoms with Gasteiger partial charge in [0.15, 0.2) is 11.7 Å². The van der Waals surface area contributed by atoms with Crippen molar-refractivity contribution in [3.05, 3.63) is 84.8 Å². The zero-order valence-corrected chi connectivity index (χ0v) is 22.1. The van der Waals surface area contributed by atoms with Crippen molar-refractivity contribution in [1.82, 2.24) is 4.98 Å². The van der Waals surface area contributed by atoms with Crippen molar-refractivity contribution < 1.29 is 14.3 Å². The first-order valence-electron chi connectivity index (χ1n) is 11.5. The highest BCUT2D eigenvalue weighted by atomic mass is 35.5. The van der Waals surface area contributed by atoms with Crippen LogP contribution in [0.25, 0.3) is 22.2 Å². The Hall–Kier alpha value is -3.35. The molecule has 2 aromatic carbocycles. The minimum Gasteiger partial charge on any atom is -0.506 e. The average Bonchev–Trinajstić information content (AvgIpc) is 2.83. The third kappa shape index (κ3) is 4.71. The van der Waals surface area contributed by atoms with Crippen LogP contribution in [0.5, 0.6) is 5.75 Å². The van der Waals surface area contributed by atoms with Crippen LogP contribution in [0.1, 0.15) is 65.5 Å². The molecular weight excluding hydrogens is 499 g/mol. The van der Waals surface area contributed by atoms with E-state index in [0.29, 0.717) is 45.5 Å². The van der Waals surface area contributed by atoms with Gasteiger partial charge in [0.2, 0.25) is 0 Å². The van der Waals surface area contributed by atoms with Crippen molar-refractivity contribution >= 4 is 46.1 Å². The van der Waals surface area contributed by atoms with Crippen LogP contribution in [-0.2, 0) is 0 Å². The van der Waals surface area contributed by atoms with E-state index in [9.17, 15) is 14.7 Å². The van der Waals surface area contributed by atoms with E-state index in [4.69, 9.17) is 27.6 Å². The van der Waals surface area contributed by atoms with Crippen LogP contribution in [-0.4, -0.2) is 16.4 Å². The number of hydrogen-bond acceptors (Lipinski definition) is 6. The largest absolute Gasteiger partial charge is 0.506 e. The number of halogens is 2. The van der Waals surface area contributed by atoms with Crippen LogP contribution in [0.3, 0.4) is 0 Å². The lowest BCUT2D eigenvalue weighted by molar-refractivity contribution is 0.112. The number of aldehydes is 1. The molecule has 36 heavy (non-hydrogen) atoms. The normalized spacial score (nSPS) is 12.2. The number of aryl methyl sites for hydroxylation is 1. The summed E-state index contributed by atoms with van der Waals surface area (Å²) in [6.45, 7) is 9.69. The molecule has 0 amide bonds. The number of carbonyl (C=O) groups excluding carboxylic acids is 1. The van der Waals surface area contributed by atoms with Gasteiger partial charge in [0.05, 0.1) is 33.4 Å². The molecule has 2 aromatic heterocycles. The fourth-order valence-electron chi connectivity index (χ4n) is 4.39. The minimum atomic E-state index is -0.294. The second-order valence-corrected chi connectivity index (χ2v) is 10.0. The maximum absolute atomic E-state index is 13.2. The maximum Gasteiger partial charge on any atom is 0.195 e. The Morgan fingerprint density at radius 3 is 2.47 bits per heavy atom. The van der Waals surface area contributed by atoms with Crippen LogP contribution < -0.4 is 10.7 Å². The fraction of sp³-hybridized carbons (Fsp3) is 0.250. The van der Waals surface area contributed by atoms with Gasteiger partial charge in [-0.3, -0.25) is 9.59 Å². The van der Waals surface area contributed by atoms with Crippen LogP contribution in [0.15, 0.2) is 45.6 Å². The number of pyridine rings is 1. The number of nitrogens with zero attached hydrogens (tertiary/aromatic N) is 1. The minimum absolute atomic E-state index is 0.0263. The van der Waals surface area contributed by atoms with Gasteiger partial charge < -0.3 is 14.8 Å². The van der Waals surface area contributed by atoms with Crippen LogP contribution in [0.2, 0.25) is 10.2 Å². The molecule has 2 heterocycles. The molecule has 0 bridgehead atoms. The number of aromatic hydroxyl groups is 1. The van der Waals surface area contributed by atoms with Crippen molar-refractivity contribution in [2.45, 2.75) is 46.6 Å². The predicted octanol–water partition coefficient (Wildman–Crippen LogP) is 7.59. The number of phenolic OH excluding ortho intramolecular Hbond substituents is 1. The number of anilines is 1. The van der Waals surface area contributed by atoms with Gasteiger partial charge in [-0.15, -0.1) is 0 Å². The summed E-state index contributed by atoms with van der Waals surface area (Å²) in [6.07, 6.45) is 0.528. The highest BCUT2D eigenvalue weighted by Gasteiger charge is 2.21. The van der Waals surface area contributed by atoms with Crippen molar-refractivity contribution in [3.63, 3.8) is 0 Å². The van der Waals surface area contributed by atoms with Gasteiger partial charge in [0.1, 0.15) is 22.2 Å². The molecule has 0 aliphatic carbocycles. The third-order valence-electron chi connectivity index (χ3n) is 6.15. The summed E-state index contributed by atoms with van der Waals surface area (Å²) in [5, 5.41) is 14.3. The van der Waals surface area contributed by atoms with Crippen molar-refractivity contribution in [2.24, 2.45) is 0 Å². The second kappa shape index (κ2) is 9.96. The molecule has 0 saturated heterocycles. The van der Waals surface area contributed by atoms with Crippen molar-refractivity contribution in [1.29, 1.82) is 0 Å². The van der Waals surface area contributed by atoms with E-state index in [1.807, 2.05) is 39.8 Å². The fourth-order valence-corrected chi connectivity index (χ4v) is 4.76. The zero-order valence-electron chi connectivity index (χ0n) is 20.6. The molecule has 4 rings (SSSR count). The first-order chi connectivity index (χ1) is 17.0. The molecule has 2 N–H and O–H groups in total. The van der Waals surface area contributed by atoms with E-state index in [1.165, 1.54) is 12.1 Å². The molecule has 8 heteroatoms. The van der Waals surface area contributed by atoms with Crippen LogP contribution in [0, 0.1) is 13.8 Å². The first-order valence-corrected chi connectivity index (χ1v) is 12.3. The van der Waals surface area contributed by atoms with Gasteiger partial charge in [0, 0.05) is 22.6 Å². The summed E-state index contributed by atoms with van der Waals surface area (Å²) in [5.41, 5.74) is 4.51. The lowest BCUT2D eigenvalue weighted by Gasteiger charge is -2.21. The molecule has 1 atom stereocenters. The summed E-state index contributed by atoms with van der Waals surface area (Å²) >= 11 is 12.4. The Labute approximate surface area is 218 Å². The number of phenols is 1. The van der Waals surface area contributed by atoms with Crippen molar-refractivity contribution in [3.8, 4) is 17.0 Å². The van der Waals surface area contributed by atoms with Gasteiger partial charge >= 0.3 is 0 Å². The van der Waals surface area contributed by atoms with E-state index < -0.39 is 0 Å². The van der Waals surface area contributed by atoms with E-state index in [1.54, 1.807) is 19.1 Å². The van der Waals surface area contributed by atoms with Gasteiger partial charge in [-0.25, -0.2) is 4.98 Å². The Kier molecular flexibility index (Phi) is 7.12. The predicted molar refractivity (Wildman–Crippen MR) is 145 cm³/mol. The van der Waals surface area contributed by atoms with Gasteiger partial charge in [-0.05, 0) is 56.7 Å². The Morgan fingerprint density at radius 1 is 1.08 bits per heavy atom. The maximum atomic E-state index is 13.2. The van der Waals surface area contributed by atoms with Crippen LogP contribution in [0.4, 0.5) is 5.69 Å². The highest BCUT2D eigenvalue weighted by Crippen LogP contribution is 2.37. The monoisotopic (exact) mass is 524 g/mol. The summed E-state index contributed by atoms with van der Waals surface area (Å²) in [7, 11) is 0. The number of nitrogens with one attached hydrogen (secondary N) is 1. The van der Waals surface area contributed by atoms with E-state index in [-0.39, 0.29) is 38.9 Å².